The lowest BCUT2D eigenvalue weighted by atomic mass is 10.0. The van der Waals surface area contributed by atoms with E-state index >= 15 is 0 Å². The first kappa shape index (κ1) is 13.6. The third kappa shape index (κ3) is 3.56. The van der Waals surface area contributed by atoms with Gasteiger partial charge in [0.2, 0.25) is 5.91 Å². The van der Waals surface area contributed by atoms with E-state index in [2.05, 4.69) is 29.0 Å². The van der Waals surface area contributed by atoms with E-state index in [-0.39, 0.29) is 18.0 Å². The van der Waals surface area contributed by atoms with Crippen molar-refractivity contribution in [1.29, 1.82) is 0 Å². The van der Waals surface area contributed by atoms with Crippen LogP contribution in [-0.4, -0.2) is 18.5 Å². The molecule has 1 aliphatic rings. The minimum absolute atomic E-state index is 0.0121. The van der Waals surface area contributed by atoms with Crippen molar-refractivity contribution in [2.45, 2.75) is 51.1 Å². The van der Waals surface area contributed by atoms with Crippen LogP contribution in [0.5, 0.6) is 0 Å². The highest BCUT2D eigenvalue weighted by molar-refractivity contribution is 7.10. The van der Waals surface area contributed by atoms with Gasteiger partial charge in [-0.3, -0.25) is 4.79 Å². The highest BCUT2D eigenvalue weighted by Crippen LogP contribution is 2.23. The summed E-state index contributed by atoms with van der Waals surface area (Å²) in [6.07, 6.45) is 5.41. The Hall–Kier alpha value is -0.870. The number of hydrogen-bond donors (Lipinski definition) is 2. The van der Waals surface area contributed by atoms with Gasteiger partial charge in [-0.15, -0.1) is 11.3 Å². The van der Waals surface area contributed by atoms with E-state index in [1.54, 1.807) is 11.3 Å². The molecule has 1 unspecified atom stereocenters. The quantitative estimate of drug-likeness (QED) is 0.860. The molecule has 0 spiro atoms. The number of hydrogen-bond acceptors (Lipinski definition) is 3. The van der Waals surface area contributed by atoms with E-state index in [0.717, 1.165) is 32.2 Å². The maximum absolute atomic E-state index is 12.2. The van der Waals surface area contributed by atoms with Crippen LogP contribution < -0.4 is 10.6 Å². The smallest absolute Gasteiger partial charge is 0.237 e. The summed E-state index contributed by atoms with van der Waals surface area (Å²) in [6.45, 7) is 3.13. The Labute approximate surface area is 113 Å². The van der Waals surface area contributed by atoms with E-state index < -0.39 is 0 Å². The third-order valence-electron chi connectivity index (χ3n) is 3.41. The molecule has 18 heavy (non-hydrogen) atoms. The Bertz CT molecular complexity index is 358. The SMILES string of the molecule is CCCC(NC(=O)[C@@H]1CCCCN1)c1cccs1. The van der Waals surface area contributed by atoms with Gasteiger partial charge in [-0.25, -0.2) is 0 Å². The molecule has 2 heterocycles. The lowest BCUT2D eigenvalue weighted by molar-refractivity contribution is -0.124. The molecule has 0 aliphatic carbocycles. The van der Waals surface area contributed by atoms with Crippen LogP contribution in [0.25, 0.3) is 0 Å². The predicted octanol–water partition coefficient (Wildman–Crippen LogP) is 2.85. The molecular formula is C14H22N2OS. The first-order valence-corrected chi connectivity index (χ1v) is 7.76. The van der Waals surface area contributed by atoms with Gasteiger partial charge in [0.15, 0.2) is 0 Å². The lowest BCUT2D eigenvalue weighted by Crippen LogP contribution is -2.47. The molecule has 2 N–H and O–H groups in total. The molecule has 0 bridgehead atoms. The molecule has 1 aromatic heterocycles. The number of nitrogens with one attached hydrogen (secondary N) is 2. The Morgan fingerprint density at radius 1 is 1.61 bits per heavy atom. The van der Waals surface area contributed by atoms with Crippen molar-refractivity contribution < 1.29 is 4.79 Å². The molecule has 2 atom stereocenters. The highest BCUT2D eigenvalue weighted by Gasteiger charge is 2.23. The van der Waals surface area contributed by atoms with Gasteiger partial charge in [0.25, 0.3) is 0 Å². The molecule has 1 aromatic rings. The summed E-state index contributed by atoms with van der Waals surface area (Å²) < 4.78 is 0. The summed E-state index contributed by atoms with van der Waals surface area (Å²) in [5.41, 5.74) is 0. The molecule has 4 heteroatoms. The van der Waals surface area contributed by atoms with Gasteiger partial charge in [-0.05, 0) is 37.3 Å². The van der Waals surface area contributed by atoms with Crippen molar-refractivity contribution in [3.8, 4) is 0 Å². The van der Waals surface area contributed by atoms with E-state index in [4.69, 9.17) is 0 Å². The van der Waals surface area contributed by atoms with Crippen molar-refractivity contribution in [2.24, 2.45) is 0 Å². The van der Waals surface area contributed by atoms with Gasteiger partial charge in [0.05, 0.1) is 12.1 Å². The first-order valence-electron chi connectivity index (χ1n) is 6.88. The molecule has 3 nitrogen and oxygen atoms in total. The topological polar surface area (TPSA) is 41.1 Å². The van der Waals surface area contributed by atoms with Crippen LogP contribution in [0, 0.1) is 0 Å². The van der Waals surface area contributed by atoms with E-state index in [1.807, 2.05) is 6.07 Å². The lowest BCUT2D eigenvalue weighted by Gasteiger charge is -2.25. The van der Waals surface area contributed by atoms with E-state index in [0.29, 0.717) is 0 Å². The van der Waals surface area contributed by atoms with Gasteiger partial charge in [-0.2, -0.15) is 0 Å². The molecule has 1 aliphatic heterocycles. The van der Waals surface area contributed by atoms with Gasteiger partial charge < -0.3 is 10.6 Å². The molecular weight excluding hydrogens is 244 g/mol. The van der Waals surface area contributed by atoms with Crippen LogP contribution >= 0.6 is 11.3 Å². The maximum atomic E-state index is 12.2. The highest BCUT2D eigenvalue weighted by atomic mass is 32.1. The fraction of sp³-hybridized carbons (Fsp3) is 0.643. The zero-order valence-corrected chi connectivity index (χ0v) is 11.8. The van der Waals surface area contributed by atoms with Crippen molar-refractivity contribution in [2.75, 3.05) is 6.54 Å². The fourth-order valence-electron chi connectivity index (χ4n) is 2.41. The van der Waals surface area contributed by atoms with Crippen LogP contribution in [0.1, 0.15) is 49.9 Å². The first-order chi connectivity index (χ1) is 8.81. The predicted molar refractivity (Wildman–Crippen MR) is 75.8 cm³/mol. The van der Waals surface area contributed by atoms with Crippen molar-refractivity contribution in [1.82, 2.24) is 10.6 Å². The van der Waals surface area contributed by atoms with Gasteiger partial charge in [-0.1, -0.05) is 25.8 Å². The van der Waals surface area contributed by atoms with Crippen LogP contribution in [0.2, 0.25) is 0 Å². The van der Waals surface area contributed by atoms with Crippen molar-refractivity contribution >= 4 is 17.2 Å². The number of piperidine rings is 1. The average Bonchev–Trinajstić information content (AvgIpc) is 2.93. The van der Waals surface area contributed by atoms with E-state index in [9.17, 15) is 4.79 Å². The van der Waals surface area contributed by atoms with Gasteiger partial charge >= 0.3 is 0 Å². The Morgan fingerprint density at radius 3 is 3.11 bits per heavy atom. The summed E-state index contributed by atoms with van der Waals surface area (Å²) in [5, 5.41) is 8.57. The van der Waals surface area contributed by atoms with Crippen LogP contribution in [0.15, 0.2) is 17.5 Å². The molecule has 0 saturated carbocycles. The number of thiophene rings is 1. The zero-order chi connectivity index (χ0) is 12.8. The van der Waals surface area contributed by atoms with Gasteiger partial charge in [0.1, 0.15) is 0 Å². The standard InChI is InChI=1S/C14H22N2OS/c1-2-6-11(13-8-5-10-18-13)16-14(17)12-7-3-4-9-15-12/h5,8,10-12,15H,2-4,6-7,9H2,1H3,(H,16,17)/t11?,12-/m0/s1. The Morgan fingerprint density at radius 2 is 2.50 bits per heavy atom. The average molecular weight is 266 g/mol. The van der Waals surface area contributed by atoms with Crippen LogP contribution in [0.3, 0.4) is 0 Å². The third-order valence-corrected chi connectivity index (χ3v) is 4.39. The summed E-state index contributed by atoms with van der Waals surface area (Å²) in [6, 6.07) is 4.36. The molecule has 1 saturated heterocycles. The Kier molecular flexibility index (Phi) is 5.20. The van der Waals surface area contributed by atoms with Crippen LogP contribution in [0.4, 0.5) is 0 Å². The molecule has 2 rings (SSSR count). The Balaban J connectivity index is 1.93. The number of carbonyl (C=O) groups excluding carboxylic acids is 1. The van der Waals surface area contributed by atoms with Crippen molar-refractivity contribution in [3.63, 3.8) is 0 Å². The van der Waals surface area contributed by atoms with Crippen molar-refractivity contribution in [3.05, 3.63) is 22.4 Å². The normalized spacial score (nSPS) is 21.5. The minimum Gasteiger partial charge on any atom is -0.347 e. The largest absolute Gasteiger partial charge is 0.347 e. The molecule has 0 aromatic carbocycles. The number of carbonyl (C=O) groups is 1. The van der Waals surface area contributed by atoms with Gasteiger partial charge in [0, 0.05) is 4.88 Å². The summed E-state index contributed by atoms with van der Waals surface area (Å²) >= 11 is 1.72. The zero-order valence-electron chi connectivity index (χ0n) is 10.9. The van der Waals surface area contributed by atoms with Crippen LogP contribution in [-0.2, 0) is 4.79 Å². The summed E-state index contributed by atoms with van der Waals surface area (Å²) in [7, 11) is 0. The monoisotopic (exact) mass is 266 g/mol. The second-order valence-electron chi connectivity index (χ2n) is 4.87. The van der Waals surface area contributed by atoms with E-state index in [1.165, 1.54) is 11.3 Å². The maximum Gasteiger partial charge on any atom is 0.237 e. The second kappa shape index (κ2) is 6.90. The summed E-state index contributed by atoms with van der Waals surface area (Å²) in [4.78, 5) is 13.5. The molecule has 0 radical (unpaired) electrons. The molecule has 100 valence electrons. The number of amides is 1. The fourth-order valence-corrected chi connectivity index (χ4v) is 3.22. The molecule has 1 fully saturated rings. The number of rotatable bonds is 5. The summed E-state index contributed by atoms with van der Waals surface area (Å²) in [5.74, 6) is 0.168. The second-order valence-corrected chi connectivity index (χ2v) is 5.85. The molecule has 1 amide bonds. The minimum atomic E-state index is 0.0121.